The lowest BCUT2D eigenvalue weighted by molar-refractivity contribution is 0.0463. The normalized spacial score (nSPS) is 13.1. The van der Waals surface area contributed by atoms with Crippen LogP contribution in [0.2, 0.25) is 0 Å². The predicted octanol–water partition coefficient (Wildman–Crippen LogP) is 2.95. The Kier molecular flexibility index (Phi) is 4.96. The van der Waals surface area contributed by atoms with E-state index in [4.69, 9.17) is 4.74 Å². The molecule has 1 rings (SSSR count). The van der Waals surface area contributed by atoms with Gasteiger partial charge in [0.1, 0.15) is 0 Å². The lowest BCUT2D eigenvalue weighted by Gasteiger charge is -2.13. The summed E-state index contributed by atoms with van der Waals surface area (Å²) in [6.07, 6.45) is -0.856. The average Bonchev–Trinajstić information content (AvgIpc) is 2.24. The Morgan fingerprint density at radius 1 is 1.18 bits per heavy atom. The first-order chi connectivity index (χ1) is 7.91. The van der Waals surface area contributed by atoms with Crippen molar-refractivity contribution in [2.45, 2.75) is 32.5 Å². The maximum atomic E-state index is 12.9. The van der Waals surface area contributed by atoms with Crippen molar-refractivity contribution < 1.29 is 23.0 Å². The minimum absolute atomic E-state index is 0.00811. The molecule has 1 unspecified atom stereocenters. The third-order valence-electron chi connectivity index (χ3n) is 2.23. The lowest BCUT2D eigenvalue weighted by Crippen LogP contribution is -2.09. The van der Waals surface area contributed by atoms with Gasteiger partial charge in [-0.25, -0.2) is 13.2 Å². The first-order valence-electron chi connectivity index (χ1n) is 5.36. The molecule has 2 nitrogen and oxygen atoms in total. The van der Waals surface area contributed by atoms with Crippen molar-refractivity contribution in [3.8, 4) is 0 Å². The highest BCUT2D eigenvalue weighted by atomic mass is 19.2. The lowest BCUT2D eigenvalue weighted by atomic mass is 10.1. The van der Waals surface area contributed by atoms with Gasteiger partial charge < -0.3 is 9.84 Å². The monoisotopic (exact) mass is 248 g/mol. The van der Waals surface area contributed by atoms with Gasteiger partial charge in [-0.2, -0.15) is 0 Å². The Morgan fingerprint density at radius 3 is 2.18 bits per heavy atom. The molecule has 96 valence electrons. The van der Waals surface area contributed by atoms with Gasteiger partial charge in [-0.3, -0.25) is 0 Å². The minimum atomic E-state index is -1.53. The molecule has 0 bridgehead atoms. The quantitative estimate of drug-likeness (QED) is 0.812. The van der Waals surface area contributed by atoms with Gasteiger partial charge in [-0.15, -0.1) is 0 Å². The summed E-state index contributed by atoms with van der Waals surface area (Å²) in [4.78, 5) is 0. The van der Waals surface area contributed by atoms with Crippen LogP contribution in [0.1, 0.15) is 31.9 Å². The van der Waals surface area contributed by atoms with Crippen LogP contribution < -0.4 is 0 Å². The average molecular weight is 248 g/mol. The van der Waals surface area contributed by atoms with Gasteiger partial charge in [-0.1, -0.05) is 0 Å². The molecule has 1 N–H and O–H groups in total. The zero-order chi connectivity index (χ0) is 13.0. The Balaban J connectivity index is 2.66. The first-order valence-corrected chi connectivity index (χ1v) is 5.36. The summed E-state index contributed by atoms with van der Waals surface area (Å²) in [5, 5.41) is 9.64. The van der Waals surface area contributed by atoms with Gasteiger partial charge in [0, 0.05) is 13.0 Å². The molecule has 0 aromatic heterocycles. The van der Waals surface area contributed by atoms with Gasteiger partial charge in [0.2, 0.25) is 0 Å². The smallest absolute Gasteiger partial charge is 0.194 e. The molecule has 1 atom stereocenters. The van der Waals surface area contributed by atoms with Crippen LogP contribution in [-0.2, 0) is 4.74 Å². The molecule has 0 heterocycles. The standard InChI is InChI=1S/C12H15F3O2/c1-7(2)17-4-3-11(16)8-5-9(13)12(15)10(14)6-8/h5-7,11,16H,3-4H2,1-2H3. The molecule has 0 radical (unpaired) electrons. The van der Waals surface area contributed by atoms with E-state index >= 15 is 0 Å². The predicted molar refractivity (Wildman–Crippen MR) is 57.0 cm³/mol. The molecule has 0 saturated heterocycles. The van der Waals surface area contributed by atoms with Crippen molar-refractivity contribution in [2.75, 3.05) is 6.61 Å². The van der Waals surface area contributed by atoms with Crippen molar-refractivity contribution >= 4 is 0 Å². The Morgan fingerprint density at radius 2 is 1.71 bits per heavy atom. The number of benzene rings is 1. The van der Waals surface area contributed by atoms with Crippen molar-refractivity contribution in [2.24, 2.45) is 0 Å². The van der Waals surface area contributed by atoms with E-state index in [0.29, 0.717) is 0 Å². The maximum absolute atomic E-state index is 12.9. The summed E-state index contributed by atoms with van der Waals surface area (Å²) in [7, 11) is 0. The van der Waals surface area contributed by atoms with Gasteiger partial charge >= 0.3 is 0 Å². The fraction of sp³-hybridized carbons (Fsp3) is 0.500. The number of aliphatic hydroxyl groups is 1. The first kappa shape index (κ1) is 14.0. The van der Waals surface area contributed by atoms with E-state index in [1.807, 2.05) is 13.8 Å². The summed E-state index contributed by atoms with van der Waals surface area (Å²) in [5.41, 5.74) is 0.00811. The third kappa shape index (κ3) is 4.02. The zero-order valence-corrected chi connectivity index (χ0v) is 9.71. The maximum Gasteiger partial charge on any atom is 0.194 e. The van der Waals surface area contributed by atoms with E-state index in [1.165, 1.54) is 0 Å². The second-order valence-corrected chi connectivity index (χ2v) is 4.02. The number of hydrogen-bond donors (Lipinski definition) is 1. The Labute approximate surface area is 98.0 Å². The molecule has 0 aliphatic rings. The van der Waals surface area contributed by atoms with Crippen LogP contribution in [0.15, 0.2) is 12.1 Å². The van der Waals surface area contributed by atoms with Crippen LogP contribution in [0, 0.1) is 17.5 Å². The second kappa shape index (κ2) is 6.02. The van der Waals surface area contributed by atoms with Crippen LogP contribution in [0.25, 0.3) is 0 Å². The van der Waals surface area contributed by atoms with Gasteiger partial charge in [0.25, 0.3) is 0 Å². The van der Waals surface area contributed by atoms with E-state index in [9.17, 15) is 18.3 Å². The van der Waals surface area contributed by atoms with Crippen LogP contribution in [0.3, 0.4) is 0 Å². The zero-order valence-electron chi connectivity index (χ0n) is 9.71. The molecule has 0 fully saturated rings. The van der Waals surface area contributed by atoms with E-state index in [0.717, 1.165) is 12.1 Å². The summed E-state index contributed by atoms with van der Waals surface area (Å²) < 4.78 is 43.7. The highest BCUT2D eigenvalue weighted by Crippen LogP contribution is 2.21. The molecule has 5 heteroatoms. The minimum Gasteiger partial charge on any atom is -0.388 e. The summed E-state index contributed by atoms with van der Waals surface area (Å²) in [6.45, 7) is 3.94. The molecule has 1 aromatic rings. The van der Waals surface area contributed by atoms with Gasteiger partial charge in [-0.05, 0) is 31.5 Å². The fourth-order valence-corrected chi connectivity index (χ4v) is 1.35. The van der Waals surface area contributed by atoms with E-state index in [2.05, 4.69) is 0 Å². The SMILES string of the molecule is CC(C)OCCC(O)c1cc(F)c(F)c(F)c1. The summed E-state index contributed by atoms with van der Waals surface area (Å²) in [6, 6.07) is 1.58. The number of rotatable bonds is 5. The Hall–Kier alpha value is -1.07. The summed E-state index contributed by atoms with van der Waals surface area (Å²) in [5.74, 6) is -4.13. The van der Waals surface area contributed by atoms with E-state index < -0.39 is 23.6 Å². The highest BCUT2D eigenvalue weighted by molar-refractivity contribution is 5.21. The summed E-state index contributed by atoms with van der Waals surface area (Å²) >= 11 is 0. The highest BCUT2D eigenvalue weighted by Gasteiger charge is 2.15. The second-order valence-electron chi connectivity index (χ2n) is 4.02. The largest absolute Gasteiger partial charge is 0.388 e. The molecule has 0 aliphatic heterocycles. The van der Waals surface area contributed by atoms with E-state index in [1.54, 1.807) is 0 Å². The van der Waals surface area contributed by atoms with Crippen molar-refractivity contribution in [1.29, 1.82) is 0 Å². The number of hydrogen-bond acceptors (Lipinski definition) is 2. The molecular weight excluding hydrogens is 233 g/mol. The van der Waals surface area contributed by atoms with Gasteiger partial charge in [0.15, 0.2) is 17.5 Å². The molecule has 1 aromatic carbocycles. The van der Waals surface area contributed by atoms with Crippen molar-refractivity contribution in [3.05, 3.63) is 35.1 Å². The van der Waals surface area contributed by atoms with Crippen molar-refractivity contribution in [3.63, 3.8) is 0 Å². The molecule has 0 saturated carbocycles. The number of aliphatic hydroxyl groups excluding tert-OH is 1. The molecule has 0 aliphatic carbocycles. The number of halogens is 3. The number of ether oxygens (including phenoxy) is 1. The topological polar surface area (TPSA) is 29.5 Å². The third-order valence-corrected chi connectivity index (χ3v) is 2.23. The van der Waals surface area contributed by atoms with E-state index in [-0.39, 0.29) is 24.7 Å². The van der Waals surface area contributed by atoms with Crippen LogP contribution in [0.5, 0.6) is 0 Å². The van der Waals surface area contributed by atoms with Crippen LogP contribution in [0.4, 0.5) is 13.2 Å². The van der Waals surface area contributed by atoms with Crippen LogP contribution >= 0.6 is 0 Å². The molecule has 17 heavy (non-hydrogen) atoms. The Bertz CT molecular complexity index is 357. The fourth-order valence-electron chi connectivity index (χ4n) is 1.35. The molecule has 0 amide bonds. The molecule has 0 spiro atoms. The van der Waals surface area contributed by atoms with Crippen LogP contribution in [-0.4, -0.2) is 17.8 Å². The molecular formula is C12H15F3O2. The van der Waals surface area contributed by atoms with Gasteiger partial charge in [0.05, 0.1) is 12.2 Å². The van der Waals surface area contributed by atoms with Crippen molar-refractivity contribution in [1.82, 2.24) is 0 Å².